The van der Waals surface area contributed by atoms with Crippen molar-refractivity contribution in [2.75, 3.05) is 0 Å². The summed E-state index contributed by atoms with van der Waals surface area (Å²) in [6.07, 6.45) is 0. The van der Waals surface area contributed by atoms with Crippen molar-refractivity contribution < 1.29 is 4.42 Å². The van der Waals surface area contributed by atoms with Crippen LogP contribution < -0.4 is 0 Å². The van der Waals surface area contributed by atoms with Gasteiger partial charge in [0.2, 0.25) is 0 Å². The molecule has 0 radical (unpaired) electrons. The number of benzene rings is 5. The number of nitrogens with zero attached hydrogens (tertiary/aromatic N) is 2. The number of aromatic nitrogens is 2. The summed E-state index contributed by atoms with van der Waals surface area (Å²) in [5.41, 5.74) is 13.7. The number of rotatable bonds is 5. The number of imidazole rings is 1. The first-order chi connectivity index (χ1) is 20.3. The van der Waals surface area contributed by atoms with Crippen molar-refractivity contribution in [2.45, 2.75) is 53.4 Å². The molecule has 0 saturated heterocycles. The van der Waals surface area contributed by atoms with Gasteiger partial charge in [0, 0.05) is 10.8 Å². The Labute approximate surface area is 247 Å². The summed E-state index contributed by atoms with van der Waals surface area (Å²) in [6, 6.07) is 34.8. The third-order valence-corrected chi connectivity index (χ3v) is 8.49. The molecule has 3 nitrogen and oxygen atoms in total. The molecule has 0 aliphatic heterocycles. The molecule has 0 spiro atoms. The molecule has 42 heavy (non-hydrogen) atoms. The standard InChI is InChI=1S/C39H36N2O/c1-23(2)31-21-28(27-13-8-7-9-14-27)22-32(24(3)4)37(31)41-34-18-11-10-17-33(34)40-39(41)30-16-12-15-29-36-26(6)19-25(5)20-35(36)42-38(29)30/h7-24H,1-6H3. The molecule has 7 rings (SSSR count). The average Bonchev–Trinajstić information content (AvgIpc) is 3.55. The van der Waals surface area contributed by atoms with E-state index in [-0.39, 0.29) is 0 Å². The fraction of sp³-hybridized carbons (Fsp3) is 0.205. The Morgan fingerprint density at radius 1 is 0.690 bits per heavy atom. The Morgan fingerprint density at radius 3 is 2.10 bits per heavy atom. The summed E-state index contributed by atoms with van der Waals surface area (Å²) in [4.78, 5) is 5.30. The molecule has 0 amide bonds. The molecule has 3 heteroatoms. The zero-order chi connectivity index (χ0) is 29.1. The van der Waals surface area contributed by atoms with Crippen molar-refractivity contribution in [3.8, 4) is 28.2 Å². The molecular formula is C39H36N2O. The maximum atomic E-state index is 6.67. The molecule has 208 valence electrons. The molecule has 0 fully saturated rings. The highest BCUT2D eigenvalue weighted by Gasteiger charge is 2.25. The van der Waals surface area contributed by atoms with Gasteiger partial charge in [-0.15, -0.1) is 0 Å². The molecule has 7 aromatic rings. The molecule has 0 bridgehead atoms. The largest absolute Gasteiger partial charge is 0.455 e. The number of para-hydroxylation sites is 3. The van der Waals surface area contributed by atoms with Gasteiger partial charge in [0.1, 0.15) is 17.0 Å². The Balaban J connectivity index is 1.60. The van der Waals surface area contributed by atoms with Crippen LogP contribution in [0.25, 0.3) is 61.2 Å². The minimum Gasteiger partial charge on any atom is -0.455 e. The highest BCUT2D eigenvalue weighted by molar-refractivity contribution is 6.11. The van der Waals surface area contributed by atoms with E-state index < -0.39 is 0 Å². The summed E-state index contributed by atoms with van der Waals surface area (Å²) in [6.45, 7) is 13.5. The topological polar surface area (TPSA) is 31.0 Å². The Kier molecular flexibility index (Phi) is 6.27. The minimum atomic E-state index is 0.308. The van der Waals surface area contributed by atoms with Gasteiger partial charge >= 0.3 is 0 Å². The lowest BCUT2D eigenvalue weighted by Crippen LogP contribution is -2.09. The summed E-state index contributed by atoms with van der Waals surface area (Å²) in [7, 11) is 0. The molecule has 0 unspecified atom stereocenters. The van der Waals surface area contributed by atoms with Crippen LogP contribution in [0, 0.1) is 13.8 Å². The van der Waals surface area contributed by atoms with E-state index in [9.17, 15) is 0 Å². The minimum absolute atomic E-state index is 0.308. The van der Waals surface area contributed by atoms with Crippen LogP contribution in [-0.2, 0) is 0 Å². The van der Waals surface area contributed by atoms with Gasteiger partial charge in [0.15, 0.2) is 0 Å². The van der Waals surface area contributed by atoms with Crippen molar-refractivity contribution in [3.63, 3.8) is 0 Å². The van der Waals surface area contributed by atoms with Crippen molar-refractivity contribution in [1.82, 2.24) is 9.55 Å². The van der Waals surface area contributed by atoms with Crippen molar-refractivity contribution in [3.05, 3.63) is 119 Å². The molecule has 0 aliphatic carbocycles. The third kappa shape index (κ3) is 4.15. The maximum absolute atomic E-state index is 6.67. The second kappa shape index (κ2) is 10.0. The van der Waals surface area contributed by atoms with Crippen LogP contribution >= 0.6 is 0 Å². The van der Waals surface area contributed by atoms with Gasteiger partial charge in [-0.3, -0.25) is 4.57 Å². The predicted octanol–water partition coefficient (Wildman–Crippen LogP) is 11.1. The molecule has 0 aliphatic rings. The van der Waals surface area contributed by atoms with Crippen LogP contribution in [0.1, 0.15) is 61.8 Å². The number of aryl methyl sites for hydroxylation is 2. The van der Waals surface area contributed by atoms with E-state index in [4.69, 9.17) is 9.40 Å². The highest BCUT2D eigenvalue weighted by Crippen LogP contribution is 2.43. The predicted molar refractivity (Wildman–Crippen MR) is 177 cm³/mol. The molecular weight excluding hydrogens is 512 g/mol. The van der Waals surface area contributed by atoms with Gasteiger partial charge in [-0.1, -0.05) is 88.4 Å². The van der Waals surface area contributed by atoms with Gasteiger partial charge < -0.3 is 4.42 Å². The third-order valence-electron chi connectivity index (χ3n) is 8.49. The van der Waals surface area contributed by atoms with Crippen molar-refractivity contribution in [1.29, 1.82) is 0 Å². The Bertz CT molecular complexity index is 2080. The Morgan fingerprint density at radius 2 is 1.38 bits per heavy atom. The first-order valence-corrected chi connectivity index (χ1v) is 15.0. The summed E-state index contributed by atoms with van der Waals surface area (Å²) < 4.78 is 9.06. The number of fused-ring (bicyclic) bond motifs is 4. The SMILES string of the molecule is Cc1cc(C)c2c(c1)oc1c(-c3nc4ccccc4n3-c3c(C(C)C)cc(-c4ccccc4)cc3C(C)C)cccc12. The smallest absolute Gasteiger partial charge is 0.149 e. The van der Waals surface area contributed by atoms with Crippen molar-refractivity contribution in [2.24, 2.45) is 0 Å². The van der Waals surface area contributed by atoms with E-state index in [1.807, 2.05) is 0 Å². The van der Waals surface area contributed by atoms with Gasteiger partial charge in [0.05, 0.1) is 22.3 Å². The van der Waals surface area contributed by atoms with E-state index in [0.29, 0.717) is 11.8 Å². The van der Waals surface area contributed by atoms with Crippen LogP contribution in [0.3, 0.4) is 0 Å². The van der Waals surface area contributed by atoms with E-state index >= 15 is 0 Å². The lowest BCUT2D eigenvalue weighted by Gasteiger charge is -2.24. The molecule has 5 aromatic carbocycles. The zero-order valence-electron chi connectivity index (χ0n) is 25.2. The van der Waals surface area contributed by atoms with Gasteiger partial charge in [-0.2, -0.15) is 0 Å². The van der Waals surface area contributed by atoms with E-state index in [2.05, 4.69) is 143 Å². The second-order valence-electron chi connectivity index (χ2n) is 12.2. The molecule has 2 aromatic heterocycles. The van der Waals surface area contributed by atoms with Gasteiger partial charge in [-0.25, -0.2) is 4.98 Å². The van der Waals surface area contributed by atoms with Gasteiger partial charge in [-0.05, 0) is 95.5 Å². The van der Waals surface area contributed by atoms with Crippen LogP contribution in [0.5, 0.6) is 0 Å². The van der Waals surface area contributed by atoms with E-state index in [0.717, 1.165) is 39.0 Å². The molecule has 0 saturated carbocycles. The maximum Gasteiger partial charge on any atom is 0.149 e. The first kappa shape index (κ1) is 26.3. The number of hydrogen-bond acceptors (Lipinski definition) is 2. The van der Waals surface area contributed by atoms with Crippen LogP contribution in [0.15, 0.2) is 101 Å². The van der Waals surface area contributed by atoms with Crippen LogP contribution in [0.2, 0.25) is 0 Å². The molecule has 0 N–H and O–H groups in total. The fourth-order valence-corrected chi connectivity index (χ4v) is 6.53. The average molecular weight is 549 g/mol. The fourth-order valence-electron chi connectivity index (χ4n) is 6.53. The van der Waals surface area contributed by atoms with E-state index in [1.165, 1.54) is 44.5 Å². The quantitative estimate of drug-likeness (QED) is 0.214. The highest BCUT2D eigenvalue weighted by atomic mass is 16.3. The normalized spacial score (nSPS) is 12.0. The Hall–Kier alpha value is -4.63. The number of furan rings is 1. The monoisotopic (exact) mass is 548 g/mol. The summed E-state index contributed by atoms with van der Waals surface area (Å²) in [5, 5.41) is 2.31. The number of hydrogen-bond donors (Lipinski definition) is 0. The molecule has 2 heterocycles. The zero-order valence-corrected chi connectivity index (χ0v) is 25.2. The lowest BCUT2D eigenvalue weighted by molar-refractivity contribution is 0.669. The van der Waals surface area contributed by atoms with Gasteiger partial charge in [0.25, 0.3) is 0 Å². The van der Waals surface area contributed by atoms with Crippen molar-refractivity contribution >= 4 is 33.0 Å². The molecule has 0 atom stereocenters. The summed E-state index contributed by atoms with van der Waals surface area (Å²) in [5.74, 6) is 1.53. The summed E-state index contributed by atoms with van der Waals surface area (Å²) >= 11 is 0. The second-order valence-corrected chi connectivity index (χ2v) is 12.2. The van der Waals surface area contributed by atoms with Crippen LogP contribution in [-0.4, -0.2) is 9.55 Å². The first-order valence-electron chi connectivity index (χ1n) is 15.0. The van der Waals surface area contributed by atoms with E-state index in [1.54, 1.807) is 0 Å². The van der Waals surface area contributed by atoms with Crippen LogP contribution in [0.4, 0.5) is 0 Å². The lowest BCUT2D eigenvalue weighted by atomic mass is 9.88.